The maximum absolute atomic E-state index is 13.4. The first-order chi connectivity index (χ1) is 10.0. The average molecular weight is 311 g/mol. The van der Waals surface area contributed by atoms with Crippen molar-refractivity contribution in [3.63, 3.8) is 0 Å². The molecular weight excluding hydrogens is 302 g/mol. The molecular formula is C14H9ClF2N2O2. The van der Waals surface area contributed by atoms with Crippen molar-refractivity contribution >= 4 is 23.4 Å². The summed E-state index contributed by atoms with van der Waals surface area (Å²) in [6, 6.07) is 9.15. The molecule has 0 spiro atoms. The highest BCUT2D eigenvalue weighted by Crippen LogP contribution is 2.14. The minimum Gasteiger partial charge on any atom is -0.267 e. The molecule has 0 saturated carbocycles. The number of rotatable bonds is 2. The fourth-order valence-electron chi connectivity index (χ4n) is 1.60. The summed E-state index contributed by atoms with van der Waals surface area (Å²) in [7, 11) is 0. The Morgan fingerprint density at radius 2 is 1.43 bits per heavy atom. The molecule has 0 unspecified atom stereocenters. The van der Waals surface area contributed by atoms with Gasteiger partial charge in [-0.25, -0.2) is 8.78 Å². The van der Waals surface area contributed by atoms with Crippen LogP contribution in [0.25, 0.3) is 0 Å². The second kappa shape index (κ2) is 6.32. The molecule has 0 aromatic heterocycles. The third-order valence-corrected chi connectivity index (χ3v) is 2.93. The zero-order valence-corrected chi connectivity index (χ0v) is 11.2. The van der Waals surface area contributed by atoms with Gasteiger partial charge in [-0.15, -0.1) is 0 Å². The molecule has 0 heterocycles. The molecule has 2 N–H and O–H groups in total. The van der Waals surface area contributed by atoms with E-state index >= 15 is 0 Å². The Labute approximate surface area is 123 Å². The molecule has 0 aliphatic heterocycles. The van der Waals surface area contributed by atoms with Crippen molar-refractivity contribution in [2.45, 2.75) is 0 Å². The lowest BCUT2D eigenvalue weighted by Crippen LogP contribution is -2.42. The number of carbonyl (C=O) groups is 2. The highest BCUT2D eigenvalue weighted by molar-refractivity contribution is 6.33. The van der Waals surface area contributed by atoms with E-state index in [1.54, 1.807) is 12.1 Å². The van der Waals surface area contributed by atoms with E-state index in [0.29, 0.717) is 0 Å². The van der Waals surface area contributed by atoms with Gasteiger partial charge in [0.05, 0.1) is 10.6 Å². The highest BCUT2D eigenvalue weighted by Gasteiger charge is 2.18. The normalized spacial score (nSPS) is 10.0. The average Bonchev–Trinajstić information content (AvgIpc) is 2.45. The second-order valence-electron chi connectivity index (χ2n) is 3.98. The van der Waals surface area contributed by atoms with Gasteiger partial charge < -0.3 is 0 Å². The first-order valence-electron chi connectivity index (χ1n) is 5.80. The van der Waals surface area contributed by atoms with E-state index in [2.05, 4.69) is 0 Å². The molecule has 108 valence electrons. The lowest BCUT2D eigenvalue weighted by Gasteiger charge is -2.09. The molecule has 0 radical (unpaired) electrons. The molecule has 7 heteroatoms. The van der Waals surface area contributed by atoms with Crippen LogP contribution in [-0.4, -0.2) is 11.8 Å². The third-order valence-electron chi connectivity index (χ3n) is 2.60. The maximum Gasteiger partial charge on any atom is 0.275 e. The first kappa shape index (κ1) is 14.9. The van der Waals surface area contributed by atoms with E-state index in [-0.39, 0.29) is 10.6 Å². The topological polar surface area (TPSA) is 58.2 Å². The Morgan fingerprint density at radius 3 is 2.05 bits per heavy atom. The predicted molar refractivity (Wildman–Crippen MR) is 72.7 cm³/mol. The summed E-state index contributed by atoms with van der Waals surface area (Å²) in [6.07, 6.45) is 0. The SMILES string of the molecule is O=C(NNC(=O)c1c(F)cccc1F)c1ccccc1Cl. The molecule has 2 rings (SSSR count). The van der Waals surface area contributed by atoms with Crippen LogP contribution >= 0.6 is 11.6 Å². The van der Waals surface area contributed by atoms with Gasteiger partial charge in [-0.1, -0.05) is 29.8 Å². The van der Waals surface area contributed by atoms with Crippen molar-refractivity contribution in [2.75, 3.05) is 0 Å². The Balaban J connectivity index is 2.08. The standard InChI is InChI=1S/C14H9ClF2N2O2/c15-9-5-2-1-4-8(9)13(20)18-19-14(21)12-10(16)6-3-7-11(12)17/h1-7H,(H,18,20)(H,19,21). The molecule has 0 bridgehead atoms. The number of nitrogens with one attached hydrogen (secondary N) is 2. The van der Waals surface area contributed by atoms with Crippen LogP contribution in [0.4, 0.5) is 8.78 Å². The minimum absolute atomic E-state index is 0.119. The van der Waals surface area contributed by atoms with Gasteiger partial charge in [-0.3, -0.25) is 20.4 Å². The van der Waals surface area contributed by atoms with Gasteiger partial charge >= 0.3 is 0 Å². The van der Waals surface area contributed by atoms with Crippen molar-refractivity contribution < 1.29 is 18.4 Å². The van der Waals surface area contributed by atoms with Crippen LogP contribution in [0.1, 0.15) is 20.7 Å². The summed E-state index contributed by atoms with van der Waals surface area (Å²) in [5, 5.41) is 0.182. The van der Waals surface area contributed by atoms with Crippen molar-refractivity contribution in [2.24, 2.45) is 0 Å². The van der Waals surface area contributed by atoms with Gasteiger partial charge in [0.2, 0.25) is 0 Å². The summed E-state index contributed by atoms with van der Waals surface area (Å²) in [5.74, 6) is -3.87. The van der Waals surface area contributed by atoms with Crippen molar-refractivity contribution in [3.05, 3.63) is 70.2 Å². The number of carbonyl (C=O) groups excluding carboxylic acids is 2. The fraction of sp³-hybridized carbons (Fsp3) is 0. The van der Waals surface area contributed by atoms with Crippen LogP contribution in [-0.2, 0) is 0 Å². The van der Waals surface area contributed by atoms with E-state index in [1.807, 2.05) is 10.9 Å². The van der Waals surface area contributed by atoms with E-state index in [1.165, 1.54) is 12.1 Å². The molecule has 0 aliphatic rings. The van der Waals surface area contributed by atoms with Crippen LogP contribution < -0.4 is 10.9 Å². The van der Waals surface area contributed by atoms with Gasteiger partial charge in [-0.05, 0) is 24.3 Å². The molecule has 0 aliphatic carbocycles. The summed E-state index contributed by atoms with van der Waals surface area (Å²) < 4.78 is 26.8. The minimum atomic E-state index is -1.11. The molecule has 2 aromatic rings. The summed E-state index contributed by atoms with van der Waals surface area (Å²) >= 11 is 5.81. The fourth-order valence-corrected chi connectivity index (χ4v) is 1.83. The van der Waals surface area contributed by atoms with Crippen molar-refractivity contribution in [1.82, 2.24) is 10.9 Å². The first-order valence-corrected chi connectivity index (χ1v) is 6.17. The van der Waals surface area contributed by atoms with E-state index in [9.17, 15) is 18.4 Å². The summed E-state index contributed by atoms with van der Waals surface area (Å²) in [4.78, 5) is 23.4. The molecule has 21 heavy (non-hydrogen) atoms. The predicted octanol–water partition coefficient (Wildman–Crippen LogP) is 2.69. The van der Waals surface area contributed by atoms with Crippen LogP contribution in [0, 0.1) is 11.6 Å². The number of hydrogen-bond donors (Lipinski definition) is 2. The quantitative estimate of drug-likeness (QED) is 0.838. The molecule has 4 nitrogen and oxygen atoms in total. The van der Waals surface area contributed by atoms with E-state index in [4.69, 9.17) is 11.6 Å². The van der Waals surface area contributed by atoms with Gasteiger partial charge in [0.1, 0.15) is 17.2 Å². The Hall–Kier alpha value is -2.47. The summed E-state index contributed by atoms with van der Waals surface area (Å²) in [5.41, 5.74) is 3.30. The van der Waals surface area contributed by atoms with E-state index < -0.39 is 29.0 Å². The number of benzene rings is 2. The molecule has 0 atom stereocenters. The summed E-state index contributed by atoms with van der Waals surface area (Å²) in [6.45, 7) is 0. The van der Waals surface area contributed by atoms with Gasteiger partial charge in [0, 0.05) is 0 Å². The highest BCUT2D eigenvalue weighted by atomic mass is 35.5. The van der Waals surface area contributed by atoms with Gasteiger partial charge in [0.15, 0.2) is 0 Å². The van der Waals surface area contributed by atoms with Gasteiger partial charge in [0.25, 0.3) is 11.8 Å². The van der Waals surface area contributed by atoms with Crippen LogP contribution in [0.5, 0.6) is 0 Å². The lowest BCUT2D eigenvalue weighted by molar-refractivity contribution is 0.0841. The lowest BCUT2D eigenvalue weighted by atomic mass is 10.2. The van der Waals surface area contributed by atoms with Gasteiger partial charge in [-0.2, -0.15) is 0 Å². The van der Waals surface area contributed by atoms with Crippen LogP contribution in [0.3, 0.4) is 0 Å². The molecule has 2 amide bonds. The molecule has 0 fully saturated rings. The van der Waals surface area contributed by atoms with Crippen molar-refractivity contribution in [1.29, 1.82) is 0 Å². The third kappa shape index (κ3) is 3.35. The number of hydrazine groups is 1. The monoisotopic (exact) mass is 310 g/mol. The number of hydrogen-bond acceptors (Lipinski definition) is 2. The smallest absolute Gasteiger partial charge is 0.267 e. The number of halogens is 3. The Bertz CT molecular complexity index is 687. The van der Waals surface area contributed by atoms with Crippen molar-refractivity contribution in [3.8, 4) is 0 Å². The van der Waals surface area contributed by atoms with Crippen LogP contribution in [0.15, 0.2) is 42.5 Å². The zero-order valence-electron chi connectivity index (χ0n) is 10.5. The molecule has 0 saturated heterocycles. The number of amides is 2. The van der Waals surface area contributed by atoms with Crippen LogP contribution in [0.2, 0.25) is 5.02 Å². The maximum atomic E-state index is 13.4. The zero-order chi connectivity index (χ0) is 15.4. The Morgan fingerprint density at radius 1 is 0.857 bits per heavy atom. The Kier molecular flexibility index (Phi) is 4.49. The largest absolute Gasteiger partial charge is 0.275 e. The molecule has 2 aromatic carbocycles. The van der Waals surface area contributed by atoms with E-state index in [0.717, 1.165) is 18.2 Å². The second-order valence-corrected chi connectivity index (χ2v) is 4.39.